The van der Waals surface area contributed by atoms with Crippen LogP contribution in [0.1, 0.15) is 26.3 Å². The molecule has 0 saturated heterocycles. The number of ether oxygens (including phenoxy) is 1. The third-order valence-electron chi connectivity index (χ3n) is 5.64. The van der Waals surface area contributed by atoms with Crippen LogP contribution in [0.5, 0.6) is 11.5 Å². The van der Waals surface area contributed by atoms with Crippen LogP contribution in [0.3, 0.4) is 0 Å². The van der Waals surface area contributed by atoms with E-state index in [1.807, 2.05) is 6.07 Å². The van der Waals surface area contributed by atoms with Gasteiger partial charge in [0.1, 0.15) is 11.5 Å². The van der Waals surface area contributed by atoms with Crippen LogP contribution < -0.4 is 14.5 Å². The van der Waals surface area contributed by atoms with E-state index in [4.69, 9.17) is 9.16 Å². The summed E-state index contributed by atoms with van der Waals surface area (Å²) in [6.45, 7) is 12.1. The Morgan fingerprint density at radius 2 is 1.43 bits per heavy atom. The molecule has 0 amide bonds. The average molecular weight is 394 g/mol. The van der Waals surface area contributed by atoms with Crippen LogP contribution in [-0.4, -0.2) is 15.4 Å². The van der Waals surface area contributed by atoms with Crippen LogP contribution in [0.15, 0.2) is 60.7 Å². The molecule has 0 unspecified atom stereocenters. The quantitative estimate of drug-likeness (QED) is 0.465. The second kappa shape index (κ2) is 7.88. The van der Waals surface area contributed by atoms with Crippen molar-refractivity contribution in [1.82, 2.24) is 0 Å². The summed E-state index contributed by atoms with van der Waals surface area (Å²) in [5.41, 5.74) is 2.34. The van der Waals surface area contributed by atoms with Gasteiger partial charge in [-0.1, -0.05) is 39.0 Å². The predicted molar refractivity (Wildman–Crippen MR) is 122 cm³/mol. The molecule has 4 heteroatoms. The molecule has 0 aliphatic heterocycles. The minimum absolute atomic E-state index is 0.198. The van der Waals surface area contributed by atoms with Crippen molar-refractivity contribution in [3.8, 4) is 11.5 Å². The van der Waals surface area contributed by atoms with Gasteiger partial charge in [0.2, 0.25) is 8.32 Å². The average Bonchev–Trinajstić information content (AvgIpc) is 2.65. The third kappa shape index (κ3) is 4.68. The largest absolute Gasteiger partial charge is 0.544 e. The minimum atomic E-state index is -1.80. The second-order valence-corrected chi connectivity index (χ2v) is 13.5. The summed E-state index contributed by atoms with van der Waals surface area (Å²) in [5.74, 6) is 1.84. The Morgan fingerprint density at radius 3 is 2.07 bits per heavy atom. The van der Waals surface area contributed by atoms with Crippen LogP contribution in [0, 0.1) is 0 Å². The van der Waals surface area contributed by atoms with Crippen molar-refractivity contribution in [1.29, 1.82) is 0 Å². The van der Waals surface area contributed by atoms with Crippen molar-refractivity contribution < 1.29 is 9.16 Å². The highest BCUT2D eigenvalue weighted by Crippen LogP contribution is 2.37. The summed E-state index contributed by atoms with van der Waals surface area (Å²) in [6.07, 6.45) is 0. The molecular formula is C24H31NO2Si. The Bertz CT molecular complexity index is 943. The van der Waals surface area contributed by atoms with E-state index in [9.17, 15) is 0 Å². The van der Waals surface area contributed by atoms with Gasteiger partial charge < -0.3 is 14.5 Å². The fraction of sp³-hybridized carbons (Fsp3) is 0.333. The van der Waals surface area contributed by atoms with Gasteiger partial charge in [-0.05, 0) is 76.9 Å². The first-order valence-corrected chi connectivity index (χ1v) is 12.7. The summed E-state index contributed by atoms with van der Waals surface area (Å²) in [7, 11) is -0.100. The number of anilines is 1. The smallest absolute Gasteiger partial charge is 0.250 e. The van der Waals surface area contributed by atoms with Crippen molar-refractivity contribution in [2.75, 3.05) is 12.4 Å². The lowest BCUT2D eigenvalue weighted by molar-refractivity contribution is 0.415. The van der Waals surface area contributed by atoms with E-state index >= 15 is 0 Å². The molecule has 0 atom stereocenters. The van der Waals surface area contributed by atoms with Gasteiger partial charge in [0.15, 0.2) is 0 Å². The molecule has 0 aliphatic rings. The summed E-state index contributed by atoms with van der Waals surface area (Å²) in [5, 5.41) is 6.11. The molecule has 0 aliphatic carbocycles. The minimum Gasteiger partial charge on any atom is -0.544 e. The Kier molecular flexibility index (Phi) is 5.71. The standard InChI is InChI=1S/C24H31NO2Si/c1-24(2,3)28(5,6)27-22-13-10-21(11-14-22)25-17-18-7-8-20-16-23(26-4)12-9-19(20)15-18/h7-16,25H,17H2,1-6H3. The van der Waals surface area contributed by atoms with E-state index in [-0.39, 0.29) is 5.04 Å². The van der Waals surface area contributed by atoms with Crippen LogP contribution >= 0.6 is 0 Å². The molecule has 3 rings (SSSR count). The lowest BCUT2D eigenvalue weighted by Gasteiger charge is -2.36. The molecule has 0 spiro atoms. The van der Waals surface area contributed by atoms with Gasteiger partial charge in [0.05, 0.1) is 7.11 Å². The maximum absolute atomic E-state index is 6.35. The molecule has 0 heterocycles. The number of benzene rings is 3. The number of nitrogens with one attached hydrogen (secondary N) is 1. The Labute approximate surface area is 169 Å². The molecule has 28 heavy (non-hydrogen) atoms. The highest BCUT2D eigenvalue weighted by atomic mass is 28.4. The fourth-order valence-electron chi connectivity index (χ4n) is 2.80. The first-order valence-electron chi connectivity index (χ1n) is 9.78. The predicted octanol–water partition coefficient (Wildman–Crippen LogP) is 6.84. The van der Waals surface area contributed by atoms with Crippen molar-refractivity contribution >= 4 is 24.8 Å². The van der Waals surface area contributed by atoms with E-state index in [0.29, 0.717) is 0 Å². The van der Waals surface area contributed by atoms with E-state index < -0.39 is 8.32 Å². The molecule has 0 bridgehead atoms. The first-order chi connectivity index (χ1) is 13.2. The Hall–Kier alpha value is -2.46. The summed E-state index contributed by atoms with van der Waals surface area (Å²) in [6, 6.07) is 21.0. The van der Waals surface area contributed by atoms with E-state index in [1.54, 1.807) is 7.11 Å². The first kappa shape index (κ1) is 20.3. The number of rotatable bonds is 6. The van der Waals surface area contributed by atoms with Gasteiger partial charge in [-0.2, -0.15) is 0 Å². The van der Waals surface area contributed by atoms with Crippen molar-refractivity contribution in [2.24, 2.45) is 0 Å². The number of hydrogen-bond donors (Lipinski definition) is 1. The monoisotopic (exact) mass is 393 g/mol. The maximum Gasteiger partial charge on any atom is 0.250 e. The molecule has 0 fully saturated rings. The van der Waals surface area contributed by atoms with Crippen LogP contribution in [0.4, 0.5) is 5.69 Å². The molecular weight excluding hydrogens is 362 g/mol. The molecule has 148 valence electrons. The number of methoxy groups -OCH3 is 1. The van der Waals surface area contributed by atoms with E-state index in [1.165, 1.54) is 16.3 Å². The molecule has 0 aromatic heterocycles. The Morgan fingerprint density at radius 1 is 0.821 bits per heavy atom. The van der Waals surface area contributed by atoms with Gasteiger partial charge in [-0.15, -0.1) is 0 Å². The number of hydrogen-bond acceptors (Lipinski definition) is 3. The van der Waals surface area contributed by atoms with Crippen molar-refractivity contribution in [3.63, 3.8) is 0 Å². The zero-order chi connectivity index (χ0) is 20.4. The highest BCUT2D eigenvalue weighted by molar-refractivity contribution is 6.74. The maximum atomic E-state index is 6.35. The third-order valence-corrected chi connectivity index (χ3v) is 10.0. The molecule has 0 saturated carbocycles. The van der Waals surface area contributed by atoms with E-state index in [2.05, 4.69) is 93.8 Å². The molecule has 1 N–H and O–H groups in total. The van der Waals surface area contributed by atoms with Crippen molar-refractivity contribution in [3.05, 3.63) is 66.2 Å². The topological polar surface area (TPSA) is 30.5 Å². The SMILES string of the molecule is COc1ccc2cc(CNc3ccc(O[Si](C)(C)C(C)(C)C)cc3)ccc2c1. The van der Waals surface area contributed by atoms with Gasteiger partial charge in [-0.25, -0.2) is 0 Å². The lowest BCUT2D eigenvalue weighted by atomic mass is 10.1. The lowest BCUT2D eigenvalue weighted by Crippen LogP contribution is -2.43. The van der Waals surface area contributed by atoms with Crippen LogP contribution in [0.2, 0.25) is 18.1 Å². The molecule has 3 aromatic carbocycles. The zero-order valence-electron chi connectivity index (χ0n) is 17.8. The van der Waals surface area contributed by atoms with E-state index in [0.717, 1.165) is 23.7 Å². The summed E-state index contributed by atoms with van der Waals surface area (Å²) < 4.78 is 11.6. The van der Waals surface area contributed by atoms with Crippen molar-refractivity contribution in [2.45, 2.75) is 45.4 Å². The molecule has 3 aromatic rings. The fourth-order valence-corrected chi connectivity index (χ4v) is 3.83. The van der Waals surface area contributed by atoms with Crippen LogP contribution in [-0.2, 0) is 6.54 Å². The van der Waals surface area contributed by atoms with Gasteiger partial charge in [-0.3, -0.25) is 0 Å². The zero-order valence-corrected chi connectivity index (χ0v) is 18.8. The van der Waals surface area contributed by atoms with Gasteiger partial charge in [0, 0.05) is 12.2 Å². The Balaban J connectivity index is 1.64. The normalized spacial score (nSPS) is 12.1. The van der Waals surface area contributed by atoms with Gasteiger partial charge >= 0.3 is 0 Å². The molecule has 0 radical (unpaired) electrons. The highest BCUT2D eigenvalue weighted by Gasteiger charge is 2.38. The molecule has 3 nitrogen and oxygen atoms in total. The summed E-state index contributed by atoms with van der Waals surface area (Å²) in [4.78, 5) is 0. The van der Waals surface area contributed by atoms with Gasteiger partial charge in [0.25, 0.3) is 0 Å². The number of fused-ring (bicyclic) bond motifs is 1. The summed E-state index contributed by atoms with van der Waals surface area (Å²) >= 11 is 0. The second-order valence-electron chi connectivity index (χ2n) is 8.79. The van der Waals surface area contributed by atoms with Crippen LogP contribution in [0.25, 0.3) is 10.8 Å².